The van der Waals surface area contributed by atoms with Gasteiger partial charge in [-0.05, 0) is 12.5 Å². The molecule has 1 heterocycles. The van der Waals surface area contributed by atoms with E-state index in [-0.39, 0.29) is 11.4 Å². The Labute approximate surface area is 95.5 Å². The number of nitrogens with two attached hydrogens (primary N) is 1. The predicted octanol–water partition coefficient (Wildman–Crippen LogP) is 2.99. The van der Waals surface area contributed by atoms with Crippen LogP contribution in [0.25, 0.3) is 11.1 Å². The Morgan fingerprint density at radius 3 is 2.59 bits per heavy atom. The van der Waals surface area contributed by atoms with Crippen molar-refractivity contribution in [3.63, 3.8) is 0 Å². The fraction of sp³-hybridized carbons (Fsp3) is 0.182. The molecular formula is C11H10F3N3. The molecule has 0 saturated carbocycles. The van der Waals surface area contributed by atoms with Gasteiger partial charge in [-0.25, -0.2) is 0 Å². The molecule has 0 aliphatic rings. The molecule has 0 saturated heterocycles. The van der Waals surface area contributed by atoms with Crippen LogP contribution in [-0.4, -0.2) is 10.2 Å². The van der Waals surface area contributed by atoms with Crippen LogP contribution < -0.4 is 5.73 Å². The van der Waals surface area contributed by atoms with Gasteiger partial charge < -0.3 is 5.73 Å². The van der Waals surface area contributed by atoms with Gasteiger partial charge in [-0.2, -0.15) is 18.3 Å². The first kappa shape index (κ1) is 11.5. The minimum absolute atomic E-state index is 0.0961. The van der Waals surface area contributed by atoms with E-state index in [0.29, 0.717) is 5.56 Å². The Bertz CT molecular complexity index is 543. The highest BCUT2D eigenvalue weighted by molar-refractivity contribution is 5.77. The molecule has 3 N–H and O–H groups in total. The number of nitrogens with zero attached hydrogens (tertiary/aromatic N) is 1. The highest BCUT2D eigenvalue weighted by Gasteiger charge is 2.37. The molecular weight excluding hydrogens is 231 g/mol. The molecule has 90 valence electrons. The first-order valence-corrected chi connectivity index (χ1v) is 4.87. The Balaban J connectivity index is 2.63. The fourth-order valence-electron chi connectivity index (χ4n) is 1.65. The maximum Gasteiger partial charge on any atom is 0.433 e. The summed E-state index contributed by atoms with van der Waals surface area (Å²) in [6.45, 7) is 1.80. The summed E-state index contributed by atoms with van der Waals surface area (Å²) in [5, 5.41) is 5.35. The van der Waals surface area contributed by atoms with Crippen molar-refractivity contribution in [1.82, 2.24) is 10.2 Å². The number of rotatable bonds is 1. The number of aromatic amines is 1. The number of alkyl halides is 3. The van der Waals surface area contributed by atoms with Gasteiger partial charge in [-0.3, -0.25) is 5.10 Å². The second-order valence-corrected chi connectivity index (χ2v) is 3.73. The lowest BCUT2D eigenvalue weighted by molar-refractivity contribution is -0.140. The summed E-state index contributed by atoms with van der Waals surface area (Å²) in [6.07, 6.45) is -4.50. The number of benzene rings is 1. The van der Waals surface area contributed by atoms with E-state index in [1.807, 2.05) is 5.10 Å². The lowest BCUT2D eigenvalue weighted by Crippen LogP contribution is -2.07. The summed E-state index contributed by atoms with van der Waals surface area (Å²) in [7, 11) is 0. The molecule has 1 aromatic carbocycles. The molecule has 0 fully saturated rings. The number of anilines is 1. The van der Waals surface area contributed by atoms with Gasteiger partial charge in [0.2, 0.25) is 0 Å². The molecule has 3 nitrogen and oxygen atoms in total. The monoisotopic (exact) mass is 241 g/mol. The summed E-state index contributed by atoms with van der Waals surface area (Å²) in [6, 6.07) is 6.68. The first-order valence-electron chi connectivity index (χ1n) is 4.87. The van der Waals surface area contributed by atoms with Crippen molar-refractivity contribution < 1.29 is 13.2 Å². The normalized spacial score (nSPS) is 11.8. The van der Waals surface area contributed by atoms with Crippen molar-refractivity contribution >= 4 is 5.82 Å². The van der Waals surface area contributed by atoms with E-state index in [2.05, 4.69) is 5.10 Å². The van der Waals surface area contributed by atoms with Crippen LogP contribution in [0.2, 0.25) is 0 Å². The van der Waals surface area contributed by atoms with Gasteiger partial charge in [0.05, 0.1) is 5.56 Å². The smallest absolute Gasteiger partial charge is 0.382 e. The number of H-pyrrole nitrogens is 1. The molecule has 0 unspecified atom stereocenters. The Morgan fingerprint density at radius 1 is 1.29 bits per heavy atom. The number of nitrogens with one attached hydrogen (secondary N) is 1. The maximum absolute atomic E-state index is 12.7. The van der Waals surface area contributed by atoms with Crippen LogP contribution in [0.1, 0.15) is 11.3 Å². The molecule has 2 rings (SSSR count). The van der Waals surface area contributed by atoms with Crippen molar-refractivity contribution in [1.29, 1.82) is 0 Å². The van der Waals surface area contributed by atoms with Gasteiger partial charge in [-0.15, -0.1) is 0 Å². The van der Waals surface area contributed by atoms with Crippen molar-refractivity contribution in [2.75, 3.05) is 5.73 Å². The SMILES string of the molecule is Cc1cccc(-c2c(N)n[nH]c2C(F)(F)F)c1. The molecule has 0 bridgehead atoms. The van der Waals surface area contributed by atoms with Crippen LogP contribution in [0.15, 0.2) is 24.3 Å². The van der Waals surface area contributed by atoms with Gasteiger partial charge in [-0.1, -0.05) is 29.8 Å². The second kappa shape index (κ2) is 3.80. The molecule has 0 aliphatic heterocycles. The zero-order valence-corrected chi connectivity index (χ0v) is 8.97. The molecule has 0 aliphatic carbocycles. The minimum Gasteiger partial charge on any atom is -0.382 e. The Kier molecular flexibility index (Phi) is 2.57. The summed E-state index contributed by atoms with van der Waals surface area (Å²) in [4.78, 5) is 0. The number of hydrogen-bond acceptors (Lipinski definition) is 2. The fourth-order valence-corrected chi connectivity index (χ4v) is 1.65. The molecule has 0 atom stereocenters. The Morgan fingerprint density at radius 2 is 2.00 bits per heavy atom. The van der Waals surface area contributed by atoms with Gasteiger partial charge >= 0.3 is 6.18 Å². The summed E-state index contributed by atoms with van der Waals surface area (Å²) in [5.41, 5.74) is 5.73. The number of hydrogen-bond donors (Lipinski definition) is 2. The predicted molar refractivity (Wildman–Crippen MR) is 58.2 cm³/mol. The standard InChI is InChI=1S/C11H10F3N3/c1-6-3-2-4-7(5-6)8-9(11(12,13)14)16-17-10(8)15/h2-5H,1H3,(H3,15,16,17). The molecule has 6 heteroatoms. The number of aryl methyl sites for hydroxylation is 1. The van der Waals surface area contributed by atoms with E-state index in [1.165, 1.54) is 0 Å². The lowest BCUT2D eigenvalue weighted by Gasteiger charge is -2.08. The zero-order valence-electron chi connectivity index (χ0n) is 8.97. The van der Waals surface area contributed by atoms with Crippen molar-refractivity contribution in [3.05, 3.63) is 35.5 Å². The average molecular weight is 241 g/mol. The van der Waals surface area contributed by atoms with Gasteiger partial charge in [0.1, 0.15) is 5.69 Å². The van der Waals surface area contributed by atoms with Gasteiger partial charge in [0, 0.05) is 0 Å². The van der Waals surface area contributed by atoms with E-state index in [1.54, 1.807) is 31.2 Å². The largest absolute Gasteiger partial charge is 0.433 e. The van der Waals surface area contributed by atoms with E-state index in [9.17, 15) is 13.2 Å². The average Bonchev–Trinajstić information content (AvgIpc) is 2.59. The summed E-state index contributed by atoms with van der Waals surface area (Å²) < 4.78 is 38.2. The first-order chi connectivity index (χ1) is 7.89. The van der Waals surface area contributed by atoms with E-state index in [4.69, 9.17) is 5.73 Å². The van der Waals surface area contributed by atoms with Crippen LogP contribution in [0, 0.1) is 6.92 Å². The number of halogens is 3. The third-order valence-corrected chi connectivity index (χ3v) is 2.38. The lowest BCUT2D eigenvalue weighted by atomic mass is 10.0. The second-order valence-electron chi connectivity index (χ2n) is 3.73. The minimum atomic E-state index is -4.50. The molecule has 17 heavy (non-hydrogen) atoms. The van der Waals surface area contributed by atoms with Crippen LogP contribution in [0.4, 0.5) is 19.0 Å². The highest BCUT2D eigenvalue weighted by Crippen LogP contribution is 2.38. The maximum atomic E-state index is 12.7. The van der Waals surface area contributed by atoms with Crippen LogP contribution in [0.5, 0.6) is 0 Å². The topological polar surface area (TPSA) is 54.7 Å². The van der Waals surface area contributed by atoms with Crippen molar-refractivity contribution in [2.45, 2.75) is 13.1 Å². The molecule has 1 aromatic heterocycles. The van der Waals surface area contributed by atoms with Gasteiger partial charge in [0.15, 0.2) is 5.82 Å². The molecule has 2 aromatic rings. The number of nitrogen functional groups attached to an aromatic ring is 1. The van der Waals surface area contributed by atoms with E-state index >= 15 is 0 Å². The van der Waals surface area contributed by atoms with Crippen LogP contribution >= 0.6 is 0 Å². The summed E-state index contributed by atoms with van der Waals surface area (Å²) >= 11 is 0. The van der Waals surface area contributed by atoms with E-state index in [0.717, 1.165) is 5.56 Å². The zero-order chi connectivity index (χ0) is 12.6. The molecule has 0 spiro atoms. The van der Waals surface area contributed by atoms with Crippen molar-refractivity contribution in [3.8, 4) is 11.1 Å². The van der Waals surface area contributed by atoms with E-state index < -0.39 is 11.9 Å². The third kappa shape index (κ3) is 2.11. The molecule has 0 amide bonds. The Hall–Kier alpha value is -1.98. The van der Waals surface area contributed by atoms with Crippen LogP contribution in [0.3, 0.4) is 0 Å². The molecule has 0 radical (unpaired) electrons. The van der Waals surface area contributed by atoms with Gasteiger partial charge in [0.25, 0.3) is 0 Å². The quantitative estimate of drug-likeness (QED) is 0.806. The number of aromatic nitrogens is 2. The van der Waals surface area contributed by atoms with Crippen molar-refractivity contribution in [2.24, 2.45) is 0 Å². The summed E-state index contributed by atoms with van der Waals surface area (Å²) in [5.74, 6) is -0.150. The highest BCUT2D eigenvalue weighted by atomic mass is 19.4. The van der Waals surface area contributed by atoms with Crippen LogP contribution in [-0.2, 0) is 6.18 Å². The third-order valence-electron chi connectivity index (χ3n) is 2.38.